The molecule has 2 aliphatic heterocycles. The minimum Gasteiger partial charge on any atom is -0.486 e. The predicted octanol–water partition coefficient (Wildman–Crippen LogP) is 2.44. The van der Waals surface area contributed by atoms with Crippen LogP contribution in [0.15, 0.2) is 30.4 Å². The number of amides is 3. The standard InChI is InChI=1S/C23H28N2O5/c1-14(2)11-18(25-22(27)16-5-3-4-6-17(16)23(25)28)21(26)24-13-15-7-8-19-20(12-15)30-10-9-29-19/h3-4,7-8,12,14,16-18H,5-6,9-11,13H2,1-2H3,(H,24,26). The highest BCUT2D eigenvalue weighted by Crippen LogP contribution is 2.37. The van der Waals surface area contributed by atoms with Crippen LogP contribution in [0.4, 0.5) is 0 Å². The van der Waals surface area contributed by atoms with Crippen molar-refractivity contribution >= 4 is 17.7 Å². The van der Waals surface area contributed by atoms with Gasteiger partial charge >= 0.3 is 0 Å². The molecule has 7 heteroatoms. The molecule has 3 aliphatic rings. The number of carbonyl (C=O) groups excluding carboxylic acids is 3. The normalized spacial score (nSPS) is 23.5. The van der Waals surface area contributed by atoms with Gasteiger partial charge in [0.2, 0.25) is 17.7 Å². The van der Waals surface area contributed by atoms with E-state index in [1.165, 1.54) is 4.90 Å². The maximum Gasteiger partial charge on any atom is 0.243 e. The molecule has 2 heterocycles. The number of nitrogens with zero attached hydrogens (tertiary/aromatic N) is 1. The van der Waals surface area contributed by atoms with Gasteiger partial charge in [-0.15, -0.1) is 0 Å². The fourth-order valence-electron chi connectivity index (χ4n) is 4.41. The van der Waals surface area contributed by atoms with Crippen LogP contribution in [0.2, 0.25) is 0 Å². The first kappa shape index (κ1) is 20.4. The first-order chi connectivity index (χ1) is 14.5. The lowest BCUT2D eigenvalue weighted by Gasteiger charge is -2.27. The Hall–Kier alpha value is -2.83. The monoisotopic (exact) mass is 412 g/mol. The van der Waals surface area contributed by atoms with E-state index in [-0.39, 0.29) is 42.0 Å². The number of carbonyl (C=O) groups is 3. The lowest BCUT2D eigenvalue weighted by molar-refractivity contribution is -0.148. The van der Waals surface area contributed by atoms with E-state index in [0.717, 1.165) is 5.56 Å². The van der Waals surface area contributed by atoms with E-state index in [1.54, 1.807) is 0 Å². The Morgan fingerprint density at radius 3 is 2.33 bits per heavy atom. The van der Waals surface area contributed by atoms with Gasteiger partial charge in [0, 0.05) is 6.54 Å². The van der Waals surface area contributed by atoms with Crippen LogP contribution in [-0.4, -0.2) is 41.9 Å². The van der Waals surface area contributed by atoms with Crippen LogP contribution in [0, 0.1) is 17.8 Å². The van der Waals surface area contributed by atoms with E-state index in [2.05, 4.69) is 5.32 Å². The summed E-state index contributed by atoms with van der Waals surface area (Å²) in [6, 6.07) is 4.76. The molecule has 1 aromatic carbocycles. The number of likely N-dealkylation sites (tertiary alicyclic amines) is 1. The third-order valence-corrected chi connectivity index (χ3v) is 5.92. The highest BCUT2D eigenvalue weighted by Gasteiger charge is 2.51. The number of allylic oxidation sites excluding steroid dienone is 2. The summed E-state index contributed by atoms with van der Waals surface area (Å²) in [7, 11) is 0. The highest BCUT2D eigenvalue weighted by molar-refractivity contribution is 6.08. The molecule has 0 spiro atoms. The van der Waals surface area contributed by atoms with Crippen LogP contribution < -0.4 is 14.8 Å². The second-order valence-electron chi connectivity index (χ2n) is 8.54. The number of hydrogen-bond acceptors (Lipinski definition) is 5. The van der Waals surface area contributed by atoms with Crippen molar-refractivity contribution in [2.24, 2.45) is 17.8 Å². The zero-order valence-corrected chi connectivity index (χ0v) is 17.4. The van der Waals surface area contributed by atoms with Crippen LogP contribution in [0.25, 0.3) is 0 Å². The summed E-state index contributed by atoms with van der Waals surface area (Å²) < 4.78 is 11.1. The second kappa shape index (κ2) is 8.50. The van der Waals surface area contributed by atoms with E-state index in [9.17, 15) is 14.4 Å². The highest BCUT2D eigenvalue weighted by atomic mass is 16.6. The Balaban J connectivity index is 1.48. The van der Waals surface area contributed by atoms with Gasteiger partial charge in [0.1, 0.15) is 19.3 Å². The van der Waals surface area contributed by atoms with Crippen LogP contribution >= 0.6 is 0 Å². The zero-order valence-electron chi connectivity index (χ0n) is 17.4. The van der Waals surface area contributed by atoms with Crippen molar-refractivity contribution in [1.29, 1.82) is 0 Å². The van der Waals surface area contributed by atoms with E-state index < -0.39 is 6.04 Å². The van der Waals surface area contributed by atoms with E-state index in [4.69, 9.17) is 9.47 Å². The minimum atomic E-state index is -0.784. The SMILES string of the molecule is CC(C)CC(C(=O)NCc1ccc2c(c1)OCCO2)N1C(=O)C2CC=CCC2C1=O. The molecule has 7 nitrogen and oxygen atoms in total. The Labute approximate surface area is 176 Å². The summed E-state index contributed by atoms with van der Waals surface area (Å²) in [5.41, 5.74) is 0.868. The van der Waals surface area contributed by atoms with Gasteiger partial charge in [-0.05, 0) is 42.9 Å². The van der Waals surface area contributed by atoms with Crippen LogP contribution in [0.3, 0.4) is 0 Å². The number of hydrogen-bond donors (Lipinski definition) is 1. The van der Waals surface area contributed by atoms with Gasteiger partial charge in [0.25, 0.3) is 0 Å². The quantitative estimate of drug-likeness (QED) is 0.573. The van der Waals surface area contributed by atoms with Crippen LogP contribution in [0.5, 0.6) is 11.5 Å². The summed E-state index contributed by atoms with van der Waals surface area (Å²) in [6.45, 7) is 5.28. The molecule has 1 aliphatic carbocycles. The molecular formula is C23H28N2O5. The average molecular weight is 412 g/mol. The van der Waals surface area contributed by atoms with Crippen LogP contribution in [-0.2, 0) is 20.9 Å². The molecule has 3 amide bonds. The van der Waals surface area contributed by atoms with Gasteiger partial charge in [0.05, 0.1) is 11.8 Å². The molecule has 1 saturated heterocycles. The van der Waals surface area contributed by atoms with Gasteiger partial charge in [0.15, 0.2) is 11.5 Å². The summed E-state index contributed by atoms with van der Waals surface area (Å²) >= 11 is 0. The Bertz CT molecular complexity index is 852. The molecule has 1 aromatic rings. The van der Waals surface area contributed by atoms with Gasteiger partial charge in [-0.1, -0.05) is 32.1 Å². The van der Waals surface area contributed by atoms with Crippen molar-refractivity contribution in [2.75, 3.05) is 13.2 Å². The number of benzene rings is 1. The van der Waals surface area contributed by atoms with E-state index in [0.29, 0.717) is 44.0 Å². The Morgan fingerprint density at radius 1 is 1.07 bits per heavy atom. The Morgan fingerprint density at radius 2 is 1.70 bits per heavy atom. The van der Waals surface area contributed by atoms with Crippen molar-refractivity contribution in [1.82, 2.24) is 10.2 Å². The van der Waals surface area contributed by atoms with Gasteiger partial charge < -0.3 is 14.8 Å². The number of imide groups is 1. The first-order valence-corrected chi connectivity index (χ1v) is 10.6. The number of nitrogens with one attached hydrogen (secondary N) is 1. The largest absolute Gasteiger partial charge is 0.486 e. The molecule has 0 saturated carbocycles. The third kappa shape index (κ3) is 3.93. The third-order valence-electron chi connectivity index (χ3n) is 5.92. The maximum atomic E-state index is 13.1. The topological polar surface area (TPSA) is 84.9 Å². The summed E-state index contributed by atoms with van der Waals surface area (Å²) in [4.78, 5) is 40.3. The lowest BCUT2D eigenvalue weighted by atomic mass is 9.85. The lowest BCUT2D eigenvalue weighted by Crippen LogP contribution is -2.50. The molecule has 1 N–H and O–H groups in total. The van der Waals surface area contributed by atoms with Crippen molar-refractivity contribution in [2.45, 2.75) is 45.7 Å². The zero-order chi connectivity index (χ0) is 21.3. The molecule has 3 atom stereocenters. The molecular weight excluding hydrogens is 384 g/mol. The van der Waals surface area contributed by atoms with Gasteiger partial charge in [-0.3, -0.25) is 19.3 Å². The smallest absolute Gasteiger partial charge is 0.243 e. The van der Waals surface area contributed by atoms with E-state index in [1.807, 2.05) is 44.2 Å². The number of rotatable bonds is 6. The molecule has 30 heavy (non-hydrogen) atoms. The molecule has 3 unspecified atom stereocenters. The summed E-state index contributed by atoms with van der Waals surface area (Å²) in [5.74, 6) is 0.129. The molecule has 0 radical (unpaired) electrons. The molecule has 160 valence electrons. The minimum absolute atomic E-state index is 0.163. The molecule has 4 rings (SSSR count). The molecule has 0 aromatic heterocycles. The fraction of sp³-hybridized carbons (Fsp3) is 0.522. The predicted molar refractivity (Wildman–Crippen MR) is 110 cm³/mol. The Kier molecular flexibility index (Phi) is 5.79. The second-order valence-corrected chi connectivity index (χ2v) is 8.54. The van der Waals surface area contributed by atoms with Crippen molar-refractivity contribution < 1.29 is 23.9 Å². The summed E-state index contributed by atoms with van der Waals surface area (Å²) in [5, 5.41) is 2.91. The van der Waals surface area contributed by atoms with E-state index >= 15 is 0 Å². The van der Waals surface area contributed by atoms with Crippen molar-refractivity contribution in [3.63, 3.8) is 0 Å². The summed E-state index contributed by atoms with van der Waals surface area (Å²) in [6.07, 6.45) is 5.49. The van der Waals surface area contributed by atoms with Gasteiger partial charge in [-0.25, -0.2) is 0 Å². The van der Waals surface area contributed by atoms with Crippen molar-refractivity contribution in [3.8, 4) is 11.5 Å². The van der Waals surface area contributed by atoms with Crippen LogP contribution in [0.1, 0.15) is 38.7 Å². The number of ether oxygens (including phenoxy) is 2. The first-order valence-electron chi connectivity index (χ1n) is 10.6. The van der Waals surface area contributed by atoms with Crippen molar-refractivity contribution in [3.05, 3.63) is 35.9 Å². The molecule has 1 fully saturated rings. The maximum absolute atomic E-state index is 13.1. The molecule has 0 bridgehead atoms. The fourth-order valence-corrected chi connectivity index (χ4v) is 4.41. The number of fused-ring (bicyclic) bond motifs is 2. The van der Waals surface area contributed by atoms with Gasteiger partial charge in [-0.2, -0.15) is 0 Å². The average Bonchev–Trinajstić information content (AvgIpc) is 3.00.